The van der Waals surface area contributed by atoms with Crippen molar-refractivity contribution in [1.29, 1.82) is 0 Å². The fourth-order valence-electron chi connectivity index (χ4n) is 4.69. The molecule has 2 N–H and O–H groups in total. The maximum Gasteiger partial charge on any atom is 0.225 e. The third-order valence-corrected chi connectivity index (χ3v) is 6.54. The number of methoxy groups -OCH3 is 1. The maximum atomic E-state index is 12.6. The molecule has 1 aromatic rings. The number of benzene rings is 1. The van der Waals surface area contributed by atoms with Crippen molar-refractivity contribution in [2.45, 2.75) is 46.0 Å². The summed E-state index contributed by atoms with van der Waals surface area (Å²) in [7, 11) is 1.72. The van der Waals surface area contributed by atoms with Gasteiger partial charge in [0.05, 0.1) is 13.7 Å². The number of nitrogens with one attached hydrogen (secondary N) is 2. The van der Waals surface area contributed by atoms with Crippen LogP contribution in [-0.2, 0) is 11.2 Å². The van der Waals surface area contributed by atoms with E-state index in [9.17, 15) is 4.79 Å². The maximum absolute atomic E-state index is 12.6. The Kier molecular flexibility index (Phi) is 12.3. The normalized spacial score (nSPS) is 17.5. The molecule has 1 aliphatic carbocycles. The number of guanidine groups is 1. The van der Waals surface area contributed by atoms with Crippen molar-refractivity contribution < 1.29 is 9.53 Å². The number of hydrogen-bond acceptors (Lipinski definition) is 4. The molecule has 33 heavy (non-hydrogen) atoms. The molecule has 0 unspecified atom stereocenters. The van der Waals surface area contributed by atoms with Gasteiger partial charge in [-0.05, 0) is 44.7 Å². The summed E-state index contributed by atoms with van der Waals surface area (Å²) in [5, 5.41) is 6.78. The lowest BCUT2D eigenvalue weighted by molar-refractivity contribution is -0.137. The number of hydrogen-bond donors (Lipinski definition) is 2. The molecule has 2 fully saturated rings. The molecule has 1 heterocycles. The van der Waals surface area contributed by atoms with Crippen molar-refractivity contribution >= 4 is 35.8 Å². The van der Waals surface area contributed by atoms with Crippen molar-refractivity contribution in [3.8, 4) is 5.75 Å². The second kappa shape index (κ2) is 14.7. The van der Waals surface area contributed by atoms with E-state index in [1.165, 1.54) is 24.0 Å². The lowest BCUT2D eigenvalue weighted by Gasteiger charge is -2.35. The van der Waals surface area contributed by atoms with Crippen LogP contribution >= 0.6 is 24.0 Å². The number of aliphatic imine (C=N–C) groups is 1. The van der Waals surface area contributed by atoms with Gasteiger partial charge in [0.1, 0.15) is 5.75 Å². The van der Waals surface area contributed by atoms with Gasteiger partial charge in [-0.3, -0.25) is 14.7 Å². The van der Waals surface area contributed by atoms with E-state index in [4.69, 9.17) is 9.73 Å². The van der Waals surface area contributed by atoms with Gasteiger partial charge in [-0.1, -0.05) is 30.5 Å². The van der Waals surface area contributed by atoms with Gasteiger partial charge in [0.2, 0.25) is 5.91 Å². The van der Waals surface area contributed by atoms with Crippen LogP contribution in [0.4, 0.5) is 0 Å². The molecule has 1 amide bonds. The SMILES string of the molecule is CCNC(=NCCN1CCN(C(=O)C2CCCC2)CC1)NCCc1cc(C)ccc1OC.I. The van der Waals surface area contributed by atoms with Crippen molar-refractivity contribution in [2.24, 2.45) is 10.9 Å². The molecule has 1 aromatic carbocycles. The number of rotatable bonds is 9. The first-order chi connectivity index (χ1) is 15.6. The summed E-state index contributed by atoms with van der Waals surface area (Å²) < 4.78 is 5.48. The summed E-state index contributed by atoms with van der Waals surface area (Å²) in [6.45, 7) is 11.1. The Morgan fingerprint density at radius 3 is 2.55 bits per heavy atom. The Balaban J connectivity index is 0.00000385. The lowest BCUT2D eigenvalue weighted by Crippen LogP contribution is -2.50. The van der Waals surface area contributed by atoms with Crippen LogP contribution in [0.2, 0.25) is 0 Å². The van der Waals surface area contributed by atoms with Crippen LogP contribution in [0, 0.1) is 12.8 Å². The zero-order valence-corrected chi connectivity index (χ0v) is 22.9. The molecule has 0 atom stereocenters. The molecule has 0 bridgehead atoms. The van der Waals surface area contributed by atoms with Gasteiger partial charge in [0.15, 0.2) is 5.96 Å². The number of nitrogens with zero attached hydrogens (tertiary/aromatic N) is 3. The van der Waals surface area contributed by atoms with Gasteiger partial charge < -0.3 is 20.3 Å². The summed E-state index contributed by atoms with van der Waals surface area (Å²) in [6, 6.07) is 6.29. The number of aryl methyl sites for hydroxylation is 1. The molecule has 1 saturated heterocycles. The number of amides is 1. The lowest BCUT2D eigenvalue weighted by atomic mass is 10.1. The molecule has 1 saturated carbocycles. The highest BCUT2D eigenvalue weighted by molar-refractivity contribution is 14.0. The quantitative estimate of drug-likeness (QED) is 0.271. The van der Waals surface area contributed by atoms with E-state index in [0.717, 1.165) is 83.3 Å². The van der Waals surface area contributed by atoms with Crippen molar-refractivity contribution in [2.75, 3.05) is 59.5 Å². The standard InChI is InChI=1S/C25H41N5O2.HI/c1-4-26-25(27-12-11-22-19-20(2)9-10-23(22)32-3)28-13-14-29-15-17-30(18-16-29)24(31)21-7-5-6-8-21;/h9-10,19,21H,4-8,11-18H2,1-3H3,(H2,26,27,28);1H. The predicted molar refractivity (Wildman–Crippen MR) is 146 cm³/mol. The predicted octanol–water partition coefficient (Wildman–Crippen LogP) is 3.05. The van der Waals surface area contributed by atoms with Crippen molar-refractivity contribution in [3.05, 3.63) is 29.3 Å². The summed E-state index contributed by atoms with van der Waals surface area (Å²) in [4.78, 5) is 21.9. The third-order valence-electron chi connectivity index (χ3n) is 6.54. The third kappa shape index (κ3) is 8.63. The zero-order chi connectivity index (χ0) is 22.8. The molecule has 7 nitrogen and oxygen atoms in total. The largest absolute Gasteiger partial charge is 0.496 e. The minimum Gasteiger partial charge on any atom is -0.496 e. The molecular formula is C25H42IN5O2. The second-order valence-corrected chi connectivity index (χ2v) is 8.90. The Hall–Kier alpha value is -1.55. The van der Waals surface area contributed by atoms with E-state index >= 15 is 0 Å². The van der Waals surface area contributed by atoms with E-state index in [1.54, 1.807) is 7.11 Å². The molecule has 8 heteroatoms. The summed E-state index contributed by atoms with van der Waals surface area (Å²) >= 11 is 0. The number of halogens is 1. The first-order valence-corrected chi connectivity index (χ1v) is 12.3. The Bertz CT molecular complexity index is 759. The number of carbonyl (C=O) groups is 1. The zero-order valence-electron chi connectivity index (χ0n) is 20.6. The van der Waals surface area contributed by atoms with E-state index in [0.29, 0.717) is 11.8 Å². The first kappa shape index (κ1) is 27.7. The summed E-state index contributed by atoms with van der Waals surface area (Å²) in [5.41, 5.74) is 2.45. The molecule has 186 valence electrons. The highest BCUT2D eigenvalue weighted by Gasteiger charge is 2.29. The van der Waals surface area contributed by atoms with Gasteiger partial charge in [-0.25, -0.2) is 0 Å². The molecule has 3 rings (SSSR count). The molecule has 2 aliphatic rings. The van der Waals surface area contributed by atoms with E-state index in [2.05, 4.69) is 46.4 Å². The average Bonchev–Trinajstić information content (AvgIpc) is 3.34. The number of carbonyl (C=O) groups excluding carboxylic acids is 1. The van der Waals surface area contributed by atoms with Crippen LogP contribution in [0.15, 0.2) is 23.2 Å². The smallest absolute Gasteiger partial charge is 0.225 e. The average molecular weight is 572 g/mol. The van der Waals surface area contributed by atoms with Crippen LogP contribution < -0.4 is 15.4 Å². The minimum atomic E-state index is 0. The first-order valence-electron chi connectivity index (χ1n) is 12.3. The van der Waals surface area contributed by atoms with Gasteiger partial charge >= 0.3 is 0 Å². The summed E-state index contributed by atoms with van der Waals surface area (Å²) in [6.07, 6.45) is 5.49. The van der Waals surface area contributed by atoms with Crippen LogP contribution in [0.1, 0.15) is 43.7 Å². The van der Waals surface area contributed by atoms with E-state index in [1.807, 2.05) is 6.07 Å². The molecular weight excluding hydrogens is 529 g/mol. The molecule has 0 radical (unpaired) electrons. The van der Waals surface area contributed by atoms with Gasteiger partial charge in [0.25, 0.3) is 0 Å². The Labute approximate surface area is 216 Å². The number of ether oxygens (including phenoxy) is 1. The van der Waals surface area contributed by atoms with Crippen LogP contribution in [0.3, 0.4) is 0 Å². The molecule has 0 aromatic heterocycles. The van der Waals surface area contributed by atoms with E-state index < -0.39 is 0 Å². The van der Waals surface area contributed by atoms with Crippen molar-refractivity contribution in [3.63, 3.8) is 0 Å². The highest BCUT2D eigenvalue weighted by Crippen LogP contribution is 2.27. The molecule has 1 aliphatic heterocycles. The van der Waals surface area contributed by atoms with Gasteiger partial charge in [-0.2, -0.15) is 0 Å². The van der Waals surface area contributed by atoms with Crippen LogP contribution in [0.5, 0.6) is 5.75 Å². The monoisotopic (exact) mass is 571 g/mol. The fraction of sp³-hybridized carbons (Fsp3) is 0.680. The topological polar surface area (TPSA) is 69.2 Å². The Morgan fingerprint density at radius 2 is 1.88 bits per heavy atom. The second-order valence-electron chi connectivity index (χ2n) is 8.90. The fourth-order valence-corrected chi connectivity index (χ4v) is 4.69. The highest BCUT2D eigenvalue weighted by atomic mass is 127. The number of piperazine rings is 1. The van der Waals surface area contributed by atoms with Gasteiger partial charge in [0, 0.05) is 51.7 Å². The van der Waals surface area contributed by atoms with Gasteiger partial charge in [-0.15, -0.1) is 24.0 Å². The van der Waals surface area contributed by atoms with Crippen molar-refractivity contribution in [1.82, 2.24) is 20.4 Å². The van der Waals surface area contributed by atoms with E-state index in [-0.39, 0.29) is 24.0 Å². The van der Waals surface area contributed by atoms with Crippen LogP contribution in [-0.4, -0.2) is 81.1 Å². The molecule has 0 spiro atoms. The minimum absolute atomic E-state index is 0. The van der Waals surface area contributed by atoms with Crippen LogP contribution in [0.25, 0.3) is 0 Å². The Morgan fingerprint density at radius 1 is 1.15 bits per heavy atom. The summed E-state index contributed by atoms with van der Waals surface area (Å²) in [5.74, 6) is 2.47.